The van der Waals surface area contributed by atoms with E-state index < -0.39 is 0 Å². The fraction of sp³-hybridized carbons (Fsp3) is 0.389. The Hall–Kier alpha value is -1.63. The van der Waals surface area contributed by atoms with Crippen molar-refractivity contribution in [2.45, 2.75) is 45.4 Å². The van der Waals surface area contributed by atoms with Crippen LogP contribution in [-0.2, 0) is 6.42 Å². The number of pyridine rings is 1. The van der Waals surface area contributed by atoms with E-state index in [-0.39, 0.29) is 0 Å². The van der Waals surface area contributed by atoms with Crippen LogP contribution >= 0.6 is 0 Å². The van der Waals surface area contributed by atoms with Crippen molar-refractivity contribution in [1.82, 2.24) is 0 Å². The summed E-state index contributed by atoms with van der Waals surface area (Å²) in [5, 5.41) is 0. The maximum absolute atomic E-state index is 2.26. The highest BCUT2D eigenvalue weighted by Gasteiger charge is 2.03. The normalized spacial score (nSPS) is 10.6. The van der Waals surface area contributed by atoms with E-state index in [2.05, 4.69) is 66.3 Å². The summed E-state index contributed by atoms with van der Waals surface area (Å²) in [7, 11) is 0. The van der Waals surface area contributed by atoms with Gasteiger partial charge in [-0.3, -0.25) is 0 Å². The zero-order valence-electron chi connectivity index (χ0n) is 11.9. The predicted octanol–water partition coefficient (Wildman–Crippen LogP) is 4.48. The van der Waals surface area contributed by atoms with Gasteiger partial charge in [-0.2, -0.15) is 4.57 Å². The van der Waals surface area contributed by atoms with Crippen molar-refractivity contribution < 1.29 is 4.57 Å². The van der Waals surface area contributed by atoms with Gasteiger partial charge in [0.05, 0.1) is 0 Å². The topological polar surface area (TPSA) is 3.88 Å². The van der Waals surface area contributed by atoms with Crippen LogP contribution in [0.4, 0.5) is 0 Å². The molecule has 0 aliphatic rings. The first-order valence-corrected chi connectivity index (χ1v) is 7.46. The van der Waals surface area contributed by atoms with Crippen molar-refractivity contribution in [3.63, 3.8) is 0 Å². The molecule has 0 aliphatic carbocycles. The molecule has 1 heterocycles. The van der Waals surface area contributed by atoms with Crippen molar-refractivity contribution in [2.75, 3.05) is 0 Å². The molecule has 100 valence electrons. The van der Waals surface area contributed by atoms with Crippen LogP contribution in [0.5, 0.6) is 0 Å². The van der Waals surface area contributed by atoms with Crippen LogP contribution in [0, 0.1) is 0 Å². The molecule has 1 aromatic heterocycles. The molecular weight excluding hydrogens is 230 g/mol. The minimum atomic E-state index is 1.21. The van der Waals surface area contributed by atoms with E-state index in [1.807, 2.05) is 0 Å². The first-order chi connectivity index (χ1) is 9.40. The molecule has 0 saturated heterocycles. The van der Waals surface area contributed by atoms with E-state index in [9.17, 15) is 0 Å². The molecule has 0 unspecified atom stereocenters. The quantitative estimate of drug-likeness (QED) is 0.507. The van der Waals surface area contributed by atoms with Crippen molar-refractivity contribution in [3.8, 4) is 5.69 Å². The highest BCUT2D eigenvalue weighted by Crippen LogP contribution is 2.08. The summed E-state index contributed by atoms with van der Waals surface area (Å²) in [5.74, 6) is 0. The number of aryl methyl sites for hydroxylation is 1. The van der Waals surface area contributed by atoms with E-state index in [1.54, 1.807) is 0 Å². The van der Waals surface area contributed by atoms with Gasteiger partial charge in [0.2, 0.25) is 5.69 Å². The Morgan fingerprint density at radius 1 is 0.789 bits per heavy atom. The van der Waals surface area contributed by atoms with Gasteiger partial charge >= 0.3 is 0 Å². The van der Waals surface area contributed by atoms with Gasteiger partial charge in [0.15, 0.2) is 12.4 Å². The molecule has 0 spiro atoms. The van der Waals surface area contributed by atoms with Crippen LogP contribution in [0.15, 0.2) is 54.9 Å². The van der Waals surface area contributed by atoms with Gasteiger partial charge in [-0.15, -0.1) is 0 Å². The maximum Gasteiger partial charge on any atom is 0.210 e. The van der Waals surface area contributed by atoms with E-state index in [4.69, 9.17) is 0 Å². The molecule has 0 aliphatic heterocycles. The van der Waals surface area contributed by atoms with Gasteiger partial charge in [0.25, 0.3) is 0 Å². The maximum atomic E-state index is 2.26. The summed E-state index contributed by atoms with van der Waals surface area (Å²) >= 11 is 0. The third-order valence-electron chi connectivity index (χ3n) is 3.52. The Morgan fingerprint density at radius 2 is 1.47 bits per heavy atom. The minimum Gasteiger partial charge on any atom is -0.167 e. The summed E-state index contributed by atoms with van der Waals surface area (Å²) < 4.78 is 2.17. The lowest BCUT2D eigenvalue weighted by molar-refractivity contribution is -0.595. The van der Waals surface area contributed by atoms with Crippen LogP contribution < -0.4 is 4.57 Å². The molecule has 0 radical (unpaired) electrons. The number of hydrogen-bond donors (Lipinski definition) is 0. The first kappa shape index (κ1) is 13.8. The zero-order valence-corrected chi connectivity index (χ0v) is 11.9. The van der Waals surface area contributed by atoms with Gasteiger partial charge < -0.3 is 0 Å². The van der Waals surface area contributed by atoms with Crippen molar-refractivity contribution >= 4 is 0 Å². The molecule has 1 aromatic carbocycles. The first-order valence-electron chi connectivity index (χ1n) is 7.46. The number of para-hydroxylation sites is 1. The van der Waals surface area contributed by atoms with Crippen LogP contribution in [0.2, 0.25) is 0 Å². The number of nitrogens with zero attached hydrogens (tertiary/aromatic N) is 1. The largest absolute Gasteiger partial charge is 0.210 e. The summed E-state index contributed by atoms with van der Waals surface area (Å²) in [6.45, 7) is 2.26. The fourth-order valence-electron chi connectivity index (χ4n) is 2.33. The molecule has 0 bridgehead atoms. The van der Waals surface area contributed by atoms with Crippen molar-refractivity contribution in [3.05, 3.63) is 60.4 Å². The molecule has 2 aromatic rings. The smallest absolute Gasteiger partial charge is 0.167 e. The number of aromatic nitrogens is 1. The number of unbranched alkanes of at least 4 members (excludes halogenated alkanes) is 4. The molecule has 0 amide bonds. The molecule has 1 nitrogen and oxygen atoms in total. The lowest BCUT2D eigenvalue weighted by Gasteiger charge is -2.01. The number of rotatable bonds is 7. The molecule has 0 N–H and O–H groups in total. The highest BCUT2D eigenvalue weighted by molar-refractivity contribution is 5.21. The Bertz CT molecular complexity index is 459. The fourth-order valence-corrected chi connectivity index (χ4v) is 2.33. The van der Waals surface area contributed by atoms with Crippen molar-refractivity contribution in [1.29, 1.82) is 0 Å². The third kappa shape index (κ3) is 4.51. The van der Waals surface area contributed by atoms with Crippen LogP contribution in [0.1, 0.15) is 44.6 Å². The molecule has 0 atom stereocenters. The van der Waals surface area contributed by atoms with Gasteiger partial charge in [-0.1, -0.05) is 50.8 Å². The van der Waals surface area contributed by atoms with Crippen molar-refractivity contribution in [2.24, 2.45) is 0 Å². The molecule has 0 saturated carbocycles. The summed E-state index contributed by atoms with van der Waals surface area (Å²) in [5.41, 5.74) is 2.67. The number of benzene rings is 1. The van der Waals surface area contributed by atoms with E-state index in [1.165, 1.54) is 49.8 Å². The SMILES string of the molecule is CCCCCCCc1cc[n+](-c2ccccc2)cc1. The second-order valence-electron chi connectivity index (χ2n) is 5.11. The molecule has 0 fully saturated rings. The summed E-state index contributed by atoms with van der Waals surface area (Å²) in [6, 6.07) is 14.9. The Kier molecular flexibility index (Phi) is 5.61. The molecular formula is C18H24N+. The standard InChI is InChI=1S/C18H24N/c1-2-3-4-5-7-10-17-13-15-19(16-14-17)18-11-8-6-9-12-18/h6,8-9,11-16H,2-5,7,10H2,1H3/q+1. The Labute approximate surface area is 116 Å². The summed E-state index contributed by atoms with van der Waals surface area (Å²) in [6.07, 6.45) is 12.3. The van der Waals surface area contributed by atoms with Gasteiger partial charge in [-0.25, -0.2) is 0 Å². The second-order valence-corrected chi connectivity index (χ2v) is 5.11. The third-order valence-corrected chi connectivity index (χ3v) is 3.52. The predicted molar refractivity (Wildman–Crippen MR) is 80.4 cm³/mol. The van der Waals surface area contributed by atoms with E-state index in [0.29, 0.717) is 0 Å². The number of hydrogen-bond acceptors (Lipinski definition) is 0. The second kappa shape index (κ2) is 7.73. The molecule has 2 rings (SSSR count). The van der Waals surface area contributed by atoms with Gasteiger partial charge in [0, 0.05) is 24.3 Å². The Morgan fingerprint density at radius 3 is 2.16 bits per heavy atom. The lowest BCUT2D eigenvalue weighted by atomic mass is 10.1. The average molecular weight is 254 g/mol. The van der Waals surface area contributed by atoms with Gasteiger partial charge in [0.1, 0.15) is 0 Å². The Balaban J connectivity index is 1.85. The van der Waals surface area contributed by atoms with Gasteiger partial charge in [-0.05, 0) is 18.4 Å². The highest BCUT2D eigenvalue weighted by atomic mass is 14.9. The van der Waals surface area contributed by atoms with E-state index in [0.717, 1.165) is 0 Å². The lowest BCUT2D eigenvalue weighted by Crippen LogP contribution is -2.29. The average Bonchev–Trinajstić information content (AvgIpc) is 2.49. The van der Waals surface area contributed by atoms with Crippen LogP contribution in [0.3, 0.4) is 0 Å². The minimum absolute atomic E-state index is 1.21. The zero-order chi connectivity index (χ0) is 13.3. The van der Waals surface area contributed by atoms with Crippen LogP contribution in [0.25, 0.3) is 5.69 Å². The van der Waals surface area contributed by atoms with E-state index >= 15 is 0 Å². The monoisotopic (exact) mass is 254 g/mol. The summed E-state index contributed by atoms with van der Waals surface area (Å²) in [4.78, 5) is 0. The molecule has 19 heavy (non-hydrogen) atoms. The van der Waals surface area contributed by atoms with Crippen LogP contribution in [-0.4, -0.2) is 0 Å². The molecule has 1 heteroatoms.